The fourth-order valence-corrected chi connectivity index (χ4v) is 5.73. The van der Waals surface area contributed by atoms with Crippen molar-refractivity contribution in [3.8, 4) is 5.75 Å². The van der Waals surface area contributed by atoms with Crippen molar-refractivity contribution < 1.29 is 31.9 Å². The van der Waals surface area contributed by atoms with Crippen LogP contribution in [0.4, 0.5) is 4.39 Å². The zero-order valence-corrected chi connectivity index (χ0v) is 18.1. The number of benzene rings is 2. The highest BCUT2D eigenvalue weighted by Crippen LogP contribution is 2.40. The molecule has 164 valence electrons. The minimum atomic E-state index is -3.94. The van der Waals surface area contributed by atoms with E-state index in [1.807, 2.05) is 0 Å². The SMILES string of the molecule is C[C@@H]1CC(=O)c2c(OC(=O)c3ccc(Cl)c(S(=O)(=O)N4CCOCC4)c3)ccc(F)c21. The van der Waals surface area contributed by atoms with Gasteiger partial charge in [-0.2, -0.15) is 4.31 Å². The molecule has 2 aromatic carbocycles. The number of morpholine rings is 1. The number of hydrogen-bond donors (Lipinski definition) is 0. The molecule has 2 aromatic rings. The van der Waals surface area contributed by atoms with E-state index in [0.29, 0.717) is 0 Å². The van der Waals surface area contributed by atoms with E-state index in [-0.39, 0.29) is 76.8 Å². The number of ether oxygens (including phenoxy) is 2. The summed E-state index contributed by atoms with van der Waals surface area (Å²) in [5.74, 6) is -2.09. The molecule has 7 nitrogen and oxygen atoms in total. The molecule has 1 atom stereocenters. The normalized spacial score (nSPS) is 19.3. The van der Waals surface area contributed by atoms with E-state index in [4.69, 9.17) is 21.1 Å². The van der Waals surface area contributed by atoms with Gasteiger partial charge in [0.15, 0.2) is 5.78 Å². The van der Waals surface area contributed by atoms with E-state index in [1.54, 1.807) is 6.92 Å². The molecule has 1 aliphatic heterocycles. The molecule has 2 aliphatic rings. The quantitative estimate of drug-likeness (QED) is 0.505. The number of fused-ring (bicyclic) bond motifs is 1. The first kappa shape index (κ1) is 21.9. The molecule has 0 radical (unpaired) electrons. The number of carbonyl (C=O) groups is 2. The highest BCUT2D eigenvalue weighted by molar-refractivity contribution is 7.89. The first-order valence-corrected chi connectivity index (χ1v) is 11.5. The average Bonchev–Trinajstić information content (AvgIpc) is 3.06. The van der Waals surface area contributed by atoms with Crippen LogP contribution in [0.2, 0.25) is 5.02 Å². The standard InChI is InChI=1S/C21H19ClFNO6S/c1-12-10-16(25)20-17(5-4-15(23)19(12)20)30-21(26)13-2-3-14(22)18(11-13)31(27,28)24-6-8-29-9-7-24/h2-5,11-12H,6-10H2,1H3/t12-/m1/s1. The lowest BCUT2D eigenvalue weighted by molar-refractivity contribution is 0.0726. The molecule has 1 aliphatic carbocycles. The summed E-state index contributed by atoms with van der Waals surface area (Å²) >= 11 is 6.12. The number of nitrogens with zero attached hydrogens (tertiary/aromatic N) is 1. The maximum absolute atomic E-state index is 14.2. The molecular weight excluding hydrogens is 449 g/mol. The maximum atomic E-state index is 14.2. The maximum Gasteiger partial charge on any atom is 0.343 e. The van der Waals surface area contributed by atoms with Gasteiger partial charge in [-0.1, -0.05) is 18.5 Å². The second kappa shape index (κ2) is 8.31. The van der Waals surface area contributed by atoms with E-state index in [0.717, 1.165) is 12.1 Å². The third-order valence-electron chi connectivity index (χ3n) is 5.37. The van der Waals surface area contributed by atoms with E-state index in [9.17, 15) is 22.4 Å². The van der Waals surface area contributed by atoms with Crippen molar-refractivity contribution >= 4 is 33.4 Å². The number of Topliss-reactive ketones (excluding diaryl/α,β-unsaturated/α-hetero) is 1. The van der Waals surface area contributed by atoms with Crippen molar-refractivity contribution in [3.63, 3.8) is 0 Å². The molecule has 1 saturated heterocycles. The monoisotopic (exact) mass is 467 g/mol. The Hall–Kier alpha value is -2.33. The van der Waals surface area contributed by atoms with E-state index in [1.165, 1.54) is 22.5 Å². The van der Waals surface area contributed by atoms with Crippen LogP contribution >= 0.6 is 11.6 Å². The summed E-state index contributed by atoms with van der Waals surface area (Å²) in [6.45, 7) is 2.60. The van der Waals surface area contributed by atoms with Crippen molar-refractivity contribution in [3.05, 3.63) is 57.9 Å². The van der Waals surface area contributed by atoms with E-state index >= 15 is 0 Å². The van der Waals surface area contributed by atoms with Crippen LogP contribution in [-0.2, 0) is 14.8 Å². The van der Waals surface area contributed by atoms with Gasteiger partial charge < -0.3 is 9.47 Å². The van der Waals surface area contributed by atoms with E-state index in [2.05, 4.69) is 0 Å². The fraction of sp³-hybridized carbons (Fsp3) is 0.333. The van der Waals surface area contributed by atoms with Crippen LogP contribution in [0.1, 0.15) is 45.5 Å². The number of sulfonamides is 1. The average molecular weight is 468 g/mol. The van der Waals surface area contributed by atoms with Crippen molar-refractivity contribution in [2.45, 2.75) is 24.2 Å². The van der Waals surface area contributed by atoms with Crippen molar-refractivity contribution in [1.29, 1.82) is 0 Å². The molecule has 0 amide bonds. The summed E-state index contributed by atoms with van der Waals surface area (Å²) in [5.41, 5.74) is 0.214. The van der Waals surface area contributed by atoms with Crippen molar-refractivity contribution in [1.82, 2.24) is 4.31 Å². The van der Waals surface area contributed by atoms with Gasteiger partial charge in [-0.25, -0.2) is 17.6 Å². The van der Waals surface area contributed by atoms with Gasteiger partial charge in [0.2, 0.25) is 10.0 Å². The highest BCUT2D eigenvalue weighted by Gasteiger charge is 2.34. The smallest absolute Gasteiger partial charge is 0.343 e. The Balaban J connectivity index is 1.66. The molecule has 31 heavy (non-hydrogen) atoms. The molecular formula is C21H19ClFNO6S. The van der Waals surface area contributed by atoms with Crippen LogP contribution in [-0.4, -0.2) is 50.8 Å². The molecule has 0 aromatic heterocycles. The fourth-order valence-electron chi connectivity index (χ4n) is 3.82. The Morgan fingerprint density at radius 1 is 1.23 bits per heavy atom. The lowest BCUT2D eigenvalue weighted by atomic mass is 10.0. The number of ketones is 1. The van der Waals surface area contributed by atoms with Gasteiger partial charge in [-0.3, -0.25) is 4.79 Å². The Kier molecular flexibility index (Phi) is 5.87. The van der Waals surface area contributed by atoms with Gasteiger partial charge in [-0.15, -0.1) is 0 Å². The highest BCUT2D eigenvalue weighted by atomic mass is 35.5. The molecule has 1 heterocycles. The van der Waals surface area contributed by atoms with Crippen LogP contribution in [0.5, 0.6) is 5.75 Å². The summed E-state index contributed by atoms with van der Waals surface area (Å²) in [5, 5.41) is -0.0327. The van der Waals surface area contributed by atoms with Gasteiger partial charge in [-0.05, 0) is 36.2 Å². The third-order valence-corrected chi connectivity index (χ3v) is 7.75. The number of halogens is 2. The summed E-state index contributed by atoms with van der Waals surface area (Å²) < 4.78 is 51.9. The minimum absolute atomic E-state index is 0.0327. The second-order valence-electron chi connectivity index (χ2n) is 7.41. The van der Waals surface area contributed by atoms with Crippen LogP contribution in [0, 0.1) is 5.82 Å². The lowest BCUT2D eigenvalue weighted by Crippen LogP contribution is -2.40. The molecule has 0 saturated carbocycles. The summed E-state index contributed by atoms with van der Waals surface area (Å²) in [6, 6.07) is 6.14. The zero-order chi connectivity index (χ0) is 22.3. The molecule has 0 spiro atoms. The number of carbonyl (C=O) groups excluding carboxylic acids is 2. The third kappa shape index (κ3) is 3.98. The molecule has 0 unspecified atom stereocenters. The Morgan fingerprint density at radius 3 is 2.65 bits per heavy atom. The van der Waals surface area contributed by atoms with Crippen LogP contribution in [0.25, 0.3) is 0 Å². The van der Waals surface area contributed by atoms with Gasteiger partial charge in [0.05, 0.1) is 29.4 Å². The Morgan fingerprint density at radius 2 is 1.94 bits per heavy atom. The summed E-state index contributed by atoms with van der Waals surface area (Å²) in [6.07, 6.45) is 0.129. The molecule has 4 rings (SSSR count). The lowest BCUT2D eigenvalue weighted by Gasteiger charge is -2.26. The Labute approximate surface area is 183 Å². The minimum Gasteiger partial charge on any atom is -0.422 e. The number of hydrogen-bond acceptors (Lipinski definition) is 6. The number of rotatable bonds is 4. The summed E-state index contributed by atoms with van der Waals surface area (Å²) in [7, 11) is -3.94. The van der Waals surface area contributed by atoms with Crippen molar-refractivity contribution in [2.75, 3.05) is 26.3 Å². The second-order valence-corrected chi connectivity index (χ2v) is 9.73. The van der Waals surface area contributed by atoms with Gasteiger partial charge >= 0.3 is 5.97 Å². The molecule has 1 fully saturated rings. The number of esters is 1. The predicted octanol–water partition coefficient (Wildman–Crippen LogP) is 3.41. The van der Waals surface area contributed by atoms with Crippen LogP contribution in [0.3, 0.4) is 0 Å². The topological polar surface area (TPSA) is 90.0 Å². The molecule has 0 N–H and O–H groups in total. The molecule has 0 bridgehead atoms. The predicted molar refractivity (Wildman–Crippen MR) is 110 cm³/mol. The van der Waals surface area contributed by atoms with Gasteiger partial charge in [0.1, 0.15) is 16.5 Å². The molecule has 10 heteroatoms. The largest absolute Gasteiger partial charge is 0.422 e. The van der Waals surface area contributed by atoms with Gasteiger partial charge in [0, 0.05) is 25.1 Å². The zero-order valence-electron chi connectivity index (χ0n) is 16.6. The summed E-state index contributed by atoms with van der Waals surface area (Å²) in [4.78, 5) is 24.8. The first-order valence-electron chi connectivity index (χ1n) is 9.65. The van der Waals surface area contributed by atoms with Gasteiger partial charge in [0.25, 0.3) is 0 Å². The van der Waals surface area contributed by atoms with Crippen molar-refractivity contribution in [2.24, 2.45) is 0 Å². The van der Waals surface area contributed by atoms with E-state index < -0.39 is 21.8 Å². The van der Waals surface area contributed by atoms with Crippen LogP contribution < -0.4 is 4.74 Å². The van der Waals surface area contributed by atoms with Crippen LogP contribution in [0.15, 0.2) is 35.2 Å². The Bertz CT molecular complexity index is 1180. The first-order chi connectivity index (χ1) is 14.7.